The van der Waals surface area contributed by atoms with Crippen molar-refractivity contribution < 1.29 is 10.2 Å². The standard InChI is InChI=1S/C17H36O2/c1-4-5-6-7-9-12-16(19)13-10-8-11-14-17(2,3)15-18/h16,18-19H,4-15H2,1-3H3. The Hall–Kier alpha value is -0.0800. The van der Waals surface area contributed by atoms with Gasteiger partial charge in [0.1, 0.15) is 0 Å². The second-order valence-corrected chi connectivity index (χ2v) is 6.78. The molecule has 0 saturated heterocycles. The van der Waals surface area contributed by atoms with E-state index in [1.807, 2.05) is 0 Å². The van der Waals surface area contributed by atoms with Gasteiger partial charge in [-0.05, 0) is 24.7 Å². The molecule has 0 aliphatic rings. The molecule has 0 spiro atoms. The maximum atomic E-state index is 9.87. The number of rotatable bonds is 13. The molecule has 0 aromatic heterocycles. The van der Waals surface area contributed by atoms with Gasteiger partial charge in [-0.15, -0.1) is 0 Å². The molecule has 2 N–H and O–H groups in total. The molecule has 2 nitrogen and oxygen atoms in total. The Morgan fingerprint density at radius 1 is 0.842 bits per heavy atom. The van der Waals surface area contributed by atoms with Crippen LogP contribution in [0.2, 0.25) is 0 Å². The Labute approximate surface area is 120 Å². The largest absolute Gasteiger partial charge is 0.396 e. The summed E-state index contributed by atoms with van der Waals surface area (Å²) in [4.78, 5) is 0. The summed E-state index contributed by atoms with van der Waals surface area (Å²) >= 11 is 0. The van der Waals surface area contributed by atoms with Crippen LogP contribution in [0.1, 0.15) is 91.4 Å². The number of unbranched alkanes of at least 4 members (excludes halogenated alkanes) is 6. The van der Waals surface area contributed by atoms with Crippen LogP contribution in [0.4, 0.5) is 0 Å². The van der Waals surface area contributed by atoms with Crippen LogP contribution in [-0.4, -0.2) is 22.9 Å². The van der Waals surface area contributed by atoms with E-state index in [0.29, 0.717) is 0 Å². The molecule has 0 aromatic carbocycles. The molecule has 0 aliphatic carbocycles. The Kier molecular flexibility index (Phi) is 11.7. The van der Waals surface area contributed by atoms with Gasteiger partial charge in [0.05, 0.1) is 6.10 Å². The fourth-order valence-corrected chi connectivity index (χ4v) is 2.37. The molecule has 0 bridgehead atoms. The van der Waals surface area contributed by atoms with Gasteiger partial charge in [-0.1, -0.05) is 72.1 Å². The van der Waals surface area contributed by atoms with E-state index in [-0.39, 0.29) is 18.1 Å². The molecule has 1 unspecified atom stereocenters. The lowest BCUT2D eigenvalue weighted by atomic mass is 9.88. The van der Waals surface area contributed by atoms with Gasteiger partial charge in [0, 0.05) is 6.61 Å². The zero-order valence-corrected chi connectivity index (χ0v) is 13.5. The molecule has 0 fully saturated rings. The molecule has 0 heterocycles. The van der Waals surface area contributed by atoms with Crippen molar-refractivity contribution in [3.8, 4) is 0 Å². The second-order valence-electron chi connectivity index (χ2n) is 6.78. The molecule has 0 aromatic rings. The normalized spacial score (nSPS) is 13.7. The van der Waals surface area contributed by atoms with E-state index >= 15 is 0 Å². The van der Waals surface area contributed by atoms with Crippen LogP contribution in [0.15, 0.2) is 0 Å². The lowest BCUT2D eigenvalue weighted by molar-refractivity contribution is 0.138. The molecular weight excluding hydrogens is 236 g/mol. The van der Waals surface area contributed by atoms with Gasteiger partial charge in [-0.3, -0.25) is 0 Å². The van der Waals surface area contributed by atoms with Crippen LogP contribution in [0.25, 0.3) is 0 Å². The third-order valence-electron chi connectivity index (χ3n) is 3.96. The van der Waals surface area contributed by atoms with E-state index in [9.17, 15) is 5.11 Å². The van der Waals surface area contributed by atoms with Crippen molar-refractivity contribution in [2.75, 3.05) is 6.61 Å². The molecule has 2 heteroatoms. The number of aliphatic hydroxyl groups is 2. The molecule has 0 radical (unpaired) electrons. The highest BCUT2D eigenvalue weighted by molar-refractivity contribution is 4.67. The third-order valence-corrected chi connectivity index (χ3v) is 3.96. The number of hydrogen-bond acceptors (Lipinski definition) is 2. The fraction of sp³-hybridized carbons (Fsp3) is 1.00. The molecule has 0 rings (SSSR count). The Morgan fingerprint density at radius 3 is 1.89 bits per heavy atom. The van der Waals surface area contributed by atoms with E-state index < -0.39 is 0 Å². The van der Waals surface area contributed by atoms with Crippen molar-refractivity contribution in [3.05, 3.63) is 0 Å². The zero-order chi connectivity index (χ0) is 14.6. The summed E-state index contributed by atoms with van der Waals surface area (Å²) in [6.45, 7) is 6.72. The highest BCUT2D eigenvalue weighted by Crippen LogP contribution is 2.23. The average Bonchev–Trinajstić information content (AvgIpc) is 2.38. The predicted molar refractivity (Wildman–Crippen MR) is 83.3 cm³/mol. The highest BCUT2D eigenvalue weighted by Gasteiger charge is 2.15. The first kappa shape index (κ1) is 18.9. The van der Waals surface area contributed by atoms with Gasteiger partial charge in [0.25, 0.3) is 0 Å². The quantitative estimate of drug-likeness (QED) is 0.478. The molecule has 19 heavy (non-hydrogen) atoms. The van der Waals surface area contributed by atoms with E-state index in [1.165, 1.54) is 38.5 Å². The number of aliphatic hydroxyl groups excluding tert-OH is 2. The van der Waals surface area contributed by atoms with E-state index in [4.69, 9.17) is 5.11 Å². The molecule has 0 aliphatic heterocycles. The summed E-state index contributed by atoms with van der Waals surface area (Å²) in [6, 6.07) is 0. The zero-order valence-electron chi connectivity index (χ0n) is 13.5. The third kappa shape index (κ3) is 12.7. The van der Waals surface area contributed by atoms with Gasteiger partial charge in [0.2, 0.25) is 0 Å². The van der Waals surface area contributed by atoms with E-state index in [2.05, 4.69) is 20.8 Å². The minimum atomic E-state index is -0.0903. The maximum absolute atomic E-state index is 9.87. The minimum absolute atomic E-state index is 0.0674. The van der Waals surface area contributed by atoms with Crippen molar-refractivity contribution in [1.82, 2.24) is 0 Å². The average molecular weight is 272 g/mol. The second kappa shape index (κ2) is 11.7. The van der Waals surface area contributed by atoms with Gasteiger partial charge in [-0.25, -0.2) is 0 Å². The Morgan fingerprint density at radius 2 is 1.37 bits per heavy atom. The van der Waals surface area contributed by atoms with Crippen molar-refractivity contribution in [2.45, 2.75) is 97.5 Å². The van der Waals surface area contributed by atoms with Gasteiger partial charge in [-0.2, -0.15) is 0 Å². The van der Waals surface area contributed by atoms with Crippen LogP contribution in [0.5, 0.6) is 0 Å². The van der Waals surface area contributed by atoms with E-state index in [0.717, 1.165) is 32.1 Å². The van der Waals surface area contributed by atoms with Crippen LogP contribution in [0.3, 0.4) is 0 Å². The first-order valence-corrected chi connectivity index (χ1v) is 8.31. The fourth-order valence-electron chi connectivity index (χ4n) is 2.37. The first-order valence-electron chi connectivity index (χ1n) is 8.31. The minimum Gasteiger partial charge on any atom is -0.396 e. The van der Waals surface area contributed by atoms with Crippen LogP contribution in [0, 0.1) is 5.41 Å². The summed E-state index contributed by atoms with van der Waals surface area (Å²) in [5, 5.41) is 19.0. The predicted octanol–water partition coefficient (Wildman–Crippen LogP) is 4.68. The lowest BCUT2D eigenvalue weighted by Gasteiger charge is -2.21. The van der Waals surface area contributed by atoms with E-state index in [1.54, 1.807) is 0 Å². The topological polar surface area (TPSA) is 40.5 Å². The van der Waals surface area contributed by atoms with Gasteiger partial charge >= 0.3 is 0 Å². The summed E-state index contributed by atoms with van der Waals surface area (Å²) in [6.07, 6.45) is 12.8. The van der Waals surface area contributed by atoms with Crippen molar-refractivity contribution in [3.63, 3.8) is 0 Å². The van der Waals surface area contributed by atoms with Gasteiger partial charge < -0.3 is 10.2 Å². The maximum Gasteiger partial charge on any atom is 0.0540 e. The van der Waals surface area contributed by atoms with Crippen molar-refractivity contribution >= 4 is 0 Å². The summed E-state index contributed by atoms with van der Waals surface area (Å²) in [5.74, 6) is 0. The molecule has 0 saturated carbocycles. The van der Waals surface area contributed by atoms with Crippen molar-refractivity contribution in [2.24, 2.45) is 5.41 Å². The van der Waals surface area contributed by atoms with Crippen molar-refractivity contribution in [1.29, 1.82) is 0 Å². The van der Waals surface area contributed by atoms with Crippen LogP contribution < -0.4 is 0 Å². The monoisotopic (exact) mass is 272 g/mol. The Bertz CT molecular complexity index is 190. The molecule has 1 atom stereocenters. The highest BCUT2D eigenvalue weighted by atomic mass is 16.3. The smallest absolute Gasteiger partial charge is 0.0540 e. The number of hydrogen-bond donors (Lipinski definition) is 2. The SMILES string of the molecule is CCCCCCCC(O)CCCCCC(C)(C)CO. The lowest BCUT2D eigenvalue weighted by Crippen LogP contribution is -2.16. The summed E-state index contributed by atoms with van der Waals surface area (Å²) in [7, 11) is 0. The Balaban J connectivity index is 3.31. The molecule has 116 valence electrons. The van der Waals surface area contributed by atoms with Crippen LogP contribution >= 0.6 is 0 Å². The van der Waals surface area contributed by atoms with Gasteiger partial charge in [0.15, 0.2) is 0 Å². The molecule has 0 amide bonds. The van der Waals surface area contributed by atoms with Crippen LogP contribution in [-0.2, 0) is 0 Å². The molecular formula is C17H36O2. The summed E-state index contributed by atoms with van der Waals surface area (Å²) < 4.78 is 0. The first-order chi connectivity index (χ1) is 9.02. The summed E-state index contributed by atoms with van der Waals surface area (Å²) in [5.41, 5.74) is 0.0674.